The first kappa shape index (κ1) is 17.2. The molecular formula is C23H31N. The Balaban J connectivity index is 1.60. The second-order valence-electron chi connectivity index (χ2n) is 7.39. The zero-order valence-corrected chi connectivity index (χ0v) is 15.3. The average Bonchev–Trinajstić information content (AvgIpc) is 2.67. The van der Waals surface area contributed by atoms with Crippen molar-refractivity contribution in [3.8, 4) is 11.3 Å². The van der Waals surface area contributed by atoms with Crippen molar-refractivity contribution in [3.05, 3.63) is 53.7 Å². The molecular weight excluding hydrogens is 290 g/mol. The predicted octanol–water partition coefficient (Wildman–Crippen LogP) is 6.78. The summed E-state index contributed by atoms with van der Waals surface area (Å²) in [5, 5.41) is 0. The molecule has 1 aliphatic carbocycles. The van der Waals surface area contributed by atoms with Gasteiger partial charge in [0.25, 0.3) is 0 Å². The number of benzene rings is 1. The summed E-state index contributed by atoms with van der Waals surface area (Å²) in [6, 6.07) is 13.3. The molecule has 1 nitrogen and oxygen atoms in total. The normalized spacial score (nSPS) is 20.9. The summed E-state index contributed by atoms with van der Waals surface area (Å²) >= 11 is 0. The van der Waals surface area contributed by atoms with Gasteiger partial charge in [0.05, 0.1) is 5.69 Å². The van der Waals surface area contributed by atoms with Gasteiger partial charge in [-0.25, -0.2) is 0 Å². The van der Waals surface area contributed by atoms with E-state index in [9.17, 15) is 0 Å². The lowest BCUT2D eigenvalue weighted by Crippen LogP contribution is -2.13. The maximum absolute atomic E-state index is 4.75. The quantitative estimate of drug-likeness (QED) is 0.571. The van der Waals surface area contributed by atoms with Gasteiger partial charge in [-0.05, 0) is 61.1 Å². The Bertz CT molecular complexity index is 603. The van der Waals surface area contributed by atoms with Crippen LogP contribution in [-0.4, -0.2) is 4.98 Å². The number of hydrogen-bond donors (Lipinski definition) is 0. The molecule has 1 aliphatic rings. The summed E-state index contributed by atoms with van der Waals surface area (Å²) in [5.41, 5.74) is 5.15. The molecule has 128 valence electrons. The van der Waals surface area contributed by atoms with E-state index < -0.39 is 0 Å². The topological polar surface area (TPSA) is 12.9 Å². The van der Waals surface area contributed by atoms with Gasteiger partial charge in [0, 0.05) is 11.8 Å². The smallest absolute Gasteiger partial charge is 0.0702 e. The van der Waals surface area contributed by atoms with E-state index in [-0.39, 0.29) is 0 Å². The molecule has 1 fully saturated rings. The second kappa shape index (κ2) is 8.46. The second-order valence-corrected chi connectivity index (χ2v) is 7.39. The molecule has 24 heavy (non-hydrogen) atoms. The summed E-state index contributed by atoms with van der Waals surface area (Å²) < 4.78 is 0. The Kier molecular flexibility index (Phi) is 6.07. The molecule has 0 bridgehead atoms. The molecule has 1 heterocycles. The molecule has 0 atom stereocenters. The van der Waals surface area contributed by atoms with Crippen molar-refractivity contribution in [3.63, 3.8) is 0 Å². The van der Waals surface area contributed by atoms with Crippen LogP contribution in [-0.2, 0) is 6.42 Å². The zero-order chi connectivity index (χ0) is 16.8. The highest BCUT2D eigenvalue weighted by atomic mass is 14.7. The molecule has 1 aromatic heterocycles. The minimum atomic E-state index is 0.729. The van der Waals surface area contributed by atoms with Gasteiger partial charge in [-0.2, -0.15) is 0 Å². The number of hydrogen-bond acceptors (Lipinski definition) is 1. The molecule has 0 amide bonds. The van der Waals surface area contributed by atoms with Crippen molar-refractivity contribution in [2.45, 2.75) is 71.1 Å². The lowest BCUT2D eigenvalue weighted by molar-refractivity contribution is 0.304. The summed E-state index contributed by atoms with van der Waals surface area (Å²) in [7, 11) is 0. The van der Waals surface area contributed by atoms with Crippen molar-refractivity contribution >= 4 is 0 Å². The first-order chi connectivity index (χ1) is 11.8. The Morgan fingerprint density at radius 3 is 2.25 bits per heavy atom. The van der Waals surface area contributed by atoms with Gasteiger partial charge in [0.15, 0.2) is 0 Å². The van der Waals surface area contributed by atoms with Gasteiger partial charge < -0.3 is 0 Å². The van der Waals surface area contributed by atoms with E-state index in [0.717, 1.165) is 24.0 Å². The summed E-state index contributed by atoms with van der Waals surface area (Å²) in [6.07, 6.45) is 12.9. The molecule has 3 rings (SSSR count). The Morgan fingerprint density at radius 2 is 1.67 bits per heavy atom. The lowest BCUT2D eigenvalue weighted by Gasteiger charge is -2.28. The van der Waals surface area contributed by atoms with Crippen molar-refractivity contribution in [1.29, 1.82) is 0 Å². The van der Waals surface area contributed by atoms with Crippen LogP contribution < -0.4 is 0 Å². The maximum atomic E-state index is 4.75. The fourth-order valence-corrected chi connectivity index (χ4v) is 4.01. The van der Waals surface area contributed by atoms with Gasteiger partial charge in [0.2, 0.25) is 0 Å². The van der Waals surface area contributed by atoms with Gasteiger partial charge in [-0.15, -0.1) is 0 Å². The first-order valence-electron chi connectivity index (χ1n) is 9.85. The van der Waals surface area contributed by atoms with Crippen LogP contribution in [0.4, 0.5) is 0 Å². The van der Waals surface area contributed by atoms with Crippen LogP contribution in [0, 0.1) is 5.92 Å². The first-order valence-corrected chi connectivity index (χ1v) is 9.85. The SMILES string of the molecule is CCCCC1CCC(c2ccc(-c3ccc(CC)cc3)nc2)CC1. The van der Waals surface area contributed by atoms with E-state index in [1.54, 1.807) is 0 Å². The Hall–Kier alpha value is -1.63. The monoisotopic (exact) mass is 321 g/mol. The fourth-order valence-electron chi connectivity index (χ4n) is 4.01. The third kappa shape index (κ3) is 4.26. The van der Waals surface area contributed by atoms with Gasteiger partial charge in [-0.1, -0.05) is 63.4 Å². The molecule has 0 saturated heterocycles. The van der Waals surface area contributed by atoms with Crippen LogP contribution >= 0.6 is 0 Å². The number of nitrogens with zero attached hydrogens (tertiary/aromatic N) is 1. The summed E-state index contributed by atoms with van der Waals surface area (Å²) in [5.74, 6) is 1.71. The molecule has 0 unspecified atom stereocenters. The van der Waals surface area contributed by atoms with E-state index in [1.807, 2.05) is 0 Å². The van der Waals surface area contributed by atoms with Crippen molar-refractivity contribution in [2.24, 2.45) is 5.92 Å². The zero-order valence-electron chi connectivity index (χ0n) is 15.3. The van der Waals surface area contributed by atoms with E-state index in [2.05, 4.69) is 56.4 Å². The van der Waals surface area contributed by atoms with Gasteiger partial charge in [-0.3, -0.25) is 4.98 Å². The van der Waals surface area contributed by atoms with E-state index >= 15 is 0 Å². The van der Waals surface area contributed by atoms with Crippen LogP contribution in [0.25, 0.3) is 11.3 Å². The van der Waals surface area contributed by atoms with E-state index in [1.165, 1.54) is 61.6 Å². The molecule has 0 radical (unpaired) electrons. The third-order valence-electron chi connectivity index (χ3n) is 5.73. The summed E-state index contributed by atoms with van der Waals surface area (Å²) in [6.45, 7) is 4.49. The van der Waals surface area contributed by atoms with E-state index in [4.69, 9.17) is 4.98 Å². The standard InChI is InChI=1S/C23H31N/c1-3-5-6-19-9-11-20(12-10-19)22-15-16-23(24-17-22)21-13-7-18(4-2)8-14-21/h7-8,13-17,19-20H,3-6,9-12H2,1-2H3. The van der Waals surface area contributed by atoms with Crippen LogP contribution in [0.1, 0.15) is 75.8 Å². The summed E-state index contributed by atoms with van der Waals surface area (Å²) in [4.78, 5) is 4.75. The largest absolute Gasteiger partial charge is 0.256 e. The van der Waals surface area contributed by atoms with Crippen molar-refractivity contribution < 1.29 is 0 Å². The number of aromatic nitrogens is 1. The number of unbranched alkanes of at least 4 members (excludes halogenated alkanes) is 1. The minimum absolute atomic E-state index is 0.729. The molecule has 0 spiro atoms. The fraction of sp³-hybridized carbons (Fsp3) is 0.522. The number of aryl methyl sites for hydroxylation is 1. The van der Waals surface area contributed by atoms with E-state index in [0.29, 0.717) is 0 Å². The molecule has 1 saturated carbocycles. The highest BCUT2D eigenvalue weighted by molar-refractivity contribution is 5.59. The number of pyridine rings is 1. The molecule has 0 N–H and O–H groups in total. The molecule has 0 aliphatic heterocycles. The average molecular weight is 322 g/mol. The third-order valence-corrected chi connectivity index (χ3v) is 5.73. The maximum Gasteiger partial charge on any atom is 0.0702 e. The predicted molar refractivity (Wildman–Crippen MR) is 103 cm³/mol. The highest BCUT2D eigenvalue weighted by Gasteiger charge is 2.22. The molecule has 2 aromatic rings. The van der Waals surface area contributed by atoms with Crippen LogP contribution in [0.15, 0.2) is 42.6 Å². The van der Waals surface area contributed by atoms with Gasteiger partial charge in [0.1, 0.15) is 0 Å². The van der Waals surface area contributed by atoms with Crippen LogP contribution in [0.5, 0.6) is 0 Å². The number of rotatable bonds is 6. The Morgan fingerprint density at radius 1 is 0.917 bits per heavy atom. The van der Waals surface area contributed by atoms with Crippen molar-refractivity contribution in [2.75, 3.05) is 0 Å². The van der Waals surface area contributed by atoms with Crippen molar-refractivity contribution in [1.82, 2.24) is 4.98 Å². The lowest BCUT2D eigenvalue weighted by atomic mass is 9.77. The highest BCUT2D eigenvalue weighted by Crippen LogP contribution is 2.37. The Labute approximate surface area is 147 Å². The van der Waals surface area contributed by atoms with Crippen LogP contribution in [0.3, 0.4) is 0 Å². The molecule has 1 heteroatoms. The van der Waals surface area contributed by atoms with Crippen LogP contribution in [0.2, 0.25) is 0 Å². The minimum Gasteiger partial charge on any atom is -0.256 e. The van der Waals surface area contributed by atoms with Gasteiger partial charge >= 0.3 is 0 Å². The molecule has 1 aromatic carbocycles.